The van der Waals surface area contributed by atoms with Crippen LogP contribution in [0.4, 0.5) is 10.3 Å². The number of pyridine rings is 1. The van der Waals surface area contributed by atoms with Crippen molar-refractivity contribution in [2.75, 3.05) is 5.32 Å². The molecule has 0 saturated heterocycles. The van der Waals surface area contributed by atoms with E-state index in [4.69, 9.17) is 5.10 Å². The number of Topliss-reactive ketones (excluding diaryl/α,β-unsaturated/α-hetero) is 1. The molecule has 0 bridgehead atoms. The predicted molar refractivity (Wildman–Crippen MR) is 117 cm³/mol. The molecular weight excluding hydrogens is 413 g/mol. The molecule has 0 unspecified atom stereocenters. The van der Waals surface area contributed by atoms with Gasteiger partial charge in [-0.25, -0.2) is 9.07 Å². The molecule has 2 aromatic heterocycles. The van der Waals surface area contributed by atoms with Gasteiger partial charge in [0, 0.05) is 35.8 Å². The summed E-state index contributed by atoms with van der Waals surface area (Å²) in [6.45, 7) is 4.19. The molecule has 0 spiro atoms. The standard InChI is InChI=1S/C23H22FN5OS/c1-23(2)10-17-19(18(30)11-23)20(15-5-7-16(24)8-6-15)29-21(26-17)27-22(28-29)31-13-14-4-3-9-25-12-14/h3-9,12,20H,10-11,13H2,1-2H3,(H,26,27,28)/t20-/m0/s1. The quantitative estimate of drug-likeness (QED) is 0.596. The number of nitrogens with zero attached hydrogens (tertiary/aromatic N) is 4. The Balaban J connectivity index is 1.54. The van der Waals surface area contributed by atoms with Crippen molar-refractivity contribution in [1.29, 1.82) is 0 Å². The van der Waals surface area contributed by atoms with Crippen LogP contribution in [-0.4, -0.2) is 25.5 Å². The Labute approximate surface area is 184 Å². The number of carbonyl (C=O) groups is 1. The average molecular weight is 436 g/mol. The van der Waals surface area contributed by atoms with Crippen LogP contribution in [0.5, 0.6) is 0 Å². The number of thioether (sulfide) groups is 1. The average Bonchev–Trinajstić information content (AvgIpc) is 3.14. The minimum atomic E-state index is -0.421. The van der Waals surface area contributed by atoms with Crippen LogP contribution < -0.4 is 5.32 Å². The lowest BCUT2D eigenvalue weighted by Crippen LogP contribution is -2.36. The number of allylic oxidation sites excluding steroid dienone is 2. The molecule has 0 saturated carbocycles. The van der Waals surface area contributed by atoms with Crippen LogP contribution in [0, 0.1) is 11.2 Å². The van der Waals surface area contributed by atoms with Gasteiger partial charge in [-0.05, 0) is 41.2 Å². The molecular formula is C23H22FN5OS. The molecule has 1 aliphatic carbocycles. The molecule has 3 heterocycles. The number of ketones is 1. The molecule has 0 fully saturated rings. The van der Waals surface area contributed by atoms with Gasteiger partial charge in [-0.1, -0.05) is 43.8 Å². The third-order valence-corrected chi connectivity index (χ3v) is 6.50. The van der Waals surface area contributed by atoms with Gasteiger partial charge in [-0.3, -0.25) is 9.78 Å². The number of carbonyl (C=O) groups excluding carboxylic acids is 1. The van der Waals surface area contributed by atoms with Crippen LogP contribution in [-0.2, 0) is 10.5 Å². The number of fused-ring (bicyclic) bond motifs is 1. The Morgan fingerprint density at radius 1 is 1.23 bits per heavy atom. The number of nitrogens with one attached hydrogen (secondary N) is 1. The smallest absolute Gasteiger partial charge is 0.227 e. The lowest BCUT2D eigenvalue weighted by atomic mass is 9.73. The molecule has 2 aliphatic rings. The molecule has 6 nitrogen and oxygen atoms in total. The highest BCUT2D eigenvalue weighted by molar-refractivity contribution is 7.98. The molecule has 1 atom stereocenters. The van der Waals surface area contributed by atoms with Gasteiger partial charge in [0.25, 0.3) is 0 Å². The van der Waals surface area contributed by atoms with Gasteiger partial charge in [0.05, 0.1) is 0 Å². The number of benzene rings is 1. The van der Waals surface area contributed by atoms with Crippen molar-refractivity contribution in [1.82, 2.24) is 19.7 Å². The van der Waals surface area contributed by atoms with Gasteiger partial charge in [-0.2, -0.15) is 4.98 Å². The first-order chi connectivity index (χ1) is 14.9. The number of rotatable bonds is 4. The second kappa shape index (κ2) is 7.60. The zero-order valence-electron chi connectivity index (χ0n) is 17.3. The van der Waals surface area contributed by atoms with Gasteiger partial charge >= 0.3 is 0 Å². The summed E-state index contributed by atoms with van der Waals surface area (Å²) in [7, 11) is 0. The lowest BCUT2D eigenvalue weighted by Gasteiger charge is -2.38. The van der Waals surface area contributed by atoms with Crippen molar-refractivity contribution >= 4 is 23.5 Å². The number of hydrogen-bond acceptors (Lipinski definition) is 6. The summed E-state index contributed by atoms with van der Waals surface area (Å²) < 4.78 is 15.4. The summed E-state index contributed by atoms with van der Waals surface area (Å²) in [4.78, 5) is 22.0. The van der Waals surface area contributed by atoms with Crippen molar-refractivity contribution in [2.45, 2.75) is 43.6 Å². The summed E-state index contributed by atoms with van der Waals surface area (Å²) in [5, 5.41) is 8.69. The van der Waals surface area contributed by atoms with E-state index < -0.39 is 6.04 Å². The summed E-state index contributed by atoms with van der Waals surface area (Å²) in [6.07, 6.45) is 4.78. The fraction of sp³-hybridized carbons (Fsp3) is 0.304. The van der Waals surface area contributed by atoms with Gasteiger partial charge in [-0.15, -0.1) is 5.10 Å². The number of hydrogen-bond donors (Lipinski definition) is 1. The first-order valence-electron chi connectivity index (χ1n) is 10.2. The molecule has 158 valence electrons. The fourth-order valence-electron chi connectivity index (χ4n) is 4.24. The van der Waals surface area contributed by atoms with Crippen LogP contribution in [0.25, 0.3) is 0 Å². The van der Waals surface area contributed by atoms with Crippen molar-refractivity contribution < 1.29 is 9.18 Å². The van der Waals surface area contributed by atoms with Crippen molar-refractivity contribution in [3.63, 3.8) is 0 Å². The molecule has 1 aliphatic heterocycles. The SMILES string of the molecule is CC1(C)CC(=O)C2=C(C1)Nc1nc(SCc3cccnc3)nn1[C@H]2c1ccc(F)cc1. The van der Waals surface area contributed by atoms with E-state index in [0.29, 0.717) is 28.9 Å². The van der Waals surface area contributed by atoms with E-state index in [9.17, 15) is 9.18 Å². The largest absolute Gasteiger partial charge is 0.328 e. The Hall–Kier alpha value is -3.00. The van der Waals surface area contributed by atoms with Crippen LogP contribution in [0.15, 0.2) is 65.2 Å². The lowest BCUT2D eigenvalue weighted by molar-refractivity contribution is -0.118. The highest BCUT2D eigenvalue weighted by atomic mass is 32.2. The Morgan fingerprint density at radius 2 is 2.03 bits per heavy atom. The highest BCUT2D eigenvalue weighted by Crippen LogP contribution is 2.45. The maximum atomic E-state index is 13.6. The first kappa shape index (κ1) is 19.9. The molecule has 0 amide bonds. The monoisotopic (exact) mass is 435 g/mol. The number of halogens is 1. The van der Waals surface area contributed by atoms with Crippen LogP contribution >= 0.6 is 11.8 Å². The van der Waals surface area contributed by atoms with Gasteiger partial charge in [0.2, 0.25) is 11.1 Å². The van der Waals surface area contributed by atoms with E-state index in [2.05, 4.69) is 29.1 Å². The van der Waals surface area contributed by atoms with E-state index in [1.165, 1.54) is 23.9 Å². The minimum absolute atomic E-state index is 0.0961. The second-order valence-electron chi connectivity index (χ2n) is 8.72. The summed E-state index contributed by atoms with van der Waals surface area (Å²) in [5.41, 5.74) is 3.36. The fourth-order valence-corrected chi connectivity index (χ4v) is 5.00. The topological polar surface area (TPSA) is 72.7 Å². The Kier molecular flexibility index (Phi) is 4.89. The molecule has 5 rings (SSSR count). The van der Waals surface area contributed by atoms with Gasteiger partial charge < -0.3 is 5.32 Å². The normalized spacial score (nSPS) is 19.6. The molecule has 8 heteroatoms. The third kappa shape index (κ3) is 3.87. The number of anilines is 1. The van der Waals surface area contributed by atoms with E-state index >= 15 is 0 Å². The highest BCUT2D eigenvalue weighted by Gasteiger charge is 2.41. The van der Waals surface area contributed by atoms with Gasteiger partial charge in [0.1, 0.15) is 11.9 Å². The summed E-state index contributed by atoms with van der Waals surface area (Å²) in [6, 6.07) is 9.77. The predicted octanol–water partition coefficient (Wildman–Crippen LogP) is 4.76. The Morgan fingerprint density at radius 3 is 2.77 bits per heavy atom. The molecule has 3 aromatic rings. The zero-order valence-corrected chi connectivity index (χ0v) is 18.1. The second-order valence-corrected chi connectivity index (χ2v) is 9.67. The van der Waals surface area contributed by atoms with Crippen LogP contribution in [0.3, 0.4) is 0 Å². The maximum absolute atomic E-state index is 13.6. The van der Waals surface area contributed by atoms with E-state index in [1.807, 2.05) is 18.3 Å². The Bertz CT molecular complexity index is 1170. The van der Waals surface area contributed by atoms with Gasteiger partial charge in [0.15, 0.2) is 5.78 Å². The molecule has 1 N–H and O–H groups in total. The molecule has 0 radical (unpaired) electrons. The molecule has 1 aromatic carbocycles. The zero-order chi connectivity index (χ0) is 21.6. The third-order valence-electron chi connectivity index (χ3n) is 5.59. The summed E-state index contributed by atoms with van der Waals surface area (Å²) >= 11 is 1.51. The van der Waals surface area contributed by atoms with E-state index in [-0.39, 0.29) is 17.0 Å². The first-order valence-corrected chi connectivity index (χ1v) is 11.2. The number of aromatic nitrogens is 4. The summed E-state index contributed by atoms with van der Waals surface area (Å²) in [5.74, 6) is 1.08. The maximum Gasteiger partial charge on any atom is 0.227 e. The van der Waals surface area contributed by atoms with Crippen LogP contribution in [0.2, 0.25) is 0 Å². The van der Waals surface area contributed by atoms with Crippen molar-refractivity contribution in [3.05, 3.63) is 77.0 Å². The van der Waals surface area contributed by atoms with E-state index in [0.717, 1.165) is 23.2 Å². The van der Waals surface area contributed by atoms with E-state index in [1.54, 1.807) is 23.0 Å². The van der Waals surface area contributed by atoms with Crippen LogP contribution in [0.1, 0.15) is 43.9 Å². The molecule has 31 heavy (non-hydrogen) atoms. The van der Waals surface area contributed by atoms with Crippen molar-refractivity contribution in [2.24, 2.45) is 5.41 Å². The van der Waals surface area contributed by atoms with Crippen molar-refractivity contribution in [3.8, 4) is 0 Å². The minimum Gasteiger partial charge on any atom is -0.328 e.